The Labute approximate surface area is 124 Å². The van der Waals surface area contributed by atoms with Gasteiger partial charge in [-0.3, -0.25) is 4.79 Å². The molecule has 21 heavy (non-hydrogen) atoms. The number of nitrogens with one attached hydrogen (secondary N) is 1. The van der Waals surface area contributed by atoms with E-state index in [-0.39, 0.29) is 11.9 Å². The predicted molar refractivity (Wildman–Crippen MR) is 80.7 cm³/mol. The molecule has 2 rings (SSSR count). The summed E-state index contributed by atoms with van der Waals surface area (Å²) in [6.07, 6.45) is 1.74. The largest absolute Gasteiger partial charge is 0.421 e. The highest BCUT2D eigenvalue weighted by Crippen LogP contribution is 2.21. The Kier molecular flexibility index (Phi) is 5.09. The highest BCUT2D eigenvalue weighted by atomic mass is 16.4. The summed E-state index contributed by atoms with van der Waals surface area (Å²) in [5.74, 6) is 1.01. The van der Waals surface area contributed by atoms with Crippen molar-refractivity contribution in [3.05, 3.63) is 35.7 Å². The van der Waals surface area contributed by atoms with Gasteiger partial charge in [-0.05, 0) is 31.9 Å². The van der Waals surface area contributed by atoms with Gasteiger partial charge in [0.2, 0.25) is 17.7 Å². The monoisotopic (exact) mass is 287 g/mol. The van der Waals surface area contributed by atoms with Crippen LogP contribution in [-0.2, 0) is 11.2 Å². The first-order chi connectivity index (χ1) is 10.1. The average Bonchev–Trinajstić information content (AvgIpc) is 2.94. The molecule has 0 saturated heterocycles. The number of aryl methyl sites for hydroxylation is 2. The molecule has 0 saturated carbocycles. The van der Waals surface area contributed by atoms with Crippen LogP contribution in [0.15, 0.2) is 28.7 Å². The van der Waals surface area contributed by atoms with Crippen LogP contribution in [0.25, 0.3) is 11.5 Å². The van der Waals surface area contributed by atoms with E-state index in [1.54, 1.807) is 0 Å². The van der Waals surface area contributed by atoms with E-state index < -0.39 is 0 Å². The van der Waals surface area contributed by atoms with Gasteiger partial charge in [-0.25, -0.2) is 0 Å². The molecule has 0 spiro atoms. The van der Waals surface area contributed by atoms with Gasteiger partial charge in [-0.15, -0.1) is 10.2 Å². The Hall–Kier alpha value is -2.17. The zero-order chi connectivity index (χ0) is 15.2. The van der Waals surface area contributed by atoms with Gasteiger partial charge >= 0.3 is 0 Å². The summed E-state index contributed by atoms with van der Waals surface area (Å²) < 4.78 is 5.63. The molecular formula is C16H21N3O2. The maximum atomic E-state index is 11.7. The summed E-state index contributed by atoms with van der Waals surface area (Å²) in [7, 11) is 0. The molecule has 1 amide bonds. The molecule has 1 aromatic heterocycles. The van der Waals surface area contributed by atoms with Crippen LogP contribution in [0.3, 0.4) is 0 Å². The number of aromatic nitrogens is 2. The zero-order valence-electron chi connectivity index (χ0n) is 12.7. The molecule has 5 heteroatoms. The molecule has 2 aromatic rings. The van der Waals surface area contributed by atoms with Gasteiger partial charge in [0.1, 0.15) is 0 Å². The summed E-state index contributed by atoms with van der Waals surface area (Å²) in [5.41, 5.74) is 2.02. The van der Waals surface area contributed by atoms with Gasteiger partial charge < -0.3 is 9.73 Å². The smallest absolute Gasteiger partial charge is 0.247 e. The van der Waals surface area contributed by atoms with Crippen molar-refractivity contribution in [2.24, 2.45) is 0 Å². The summed E-state index contributed by atoms with van der Waals surface area (Å²) in [5, 5.41) is 11.0. The second-order valence-electron chi connectivity index (χ2n) is 5.19. The predicted octanol–water partition coefficient (Wildman–Crippen LogP) is 2.89. The van der Waals surface area contributed by atoms with Crippen LogP contribution < -0.4 is 5.32 Å². The normalized spacial score (nSPS) is 12.1. The van der Waals surface area contributed by atoms with E-state index in [9.17, 15) is 4.79 Å². The molecule has 1 unspecified atom stereocenters. The molecule has 5 nitrogen and oxygen atoms in total. The molecule has 1 N–H and O–H groups in total. The van der Waals surface area contributed by atoms with Crippen molar-refractivity contribution in [1.29, 1.82) is 0 Å². The highest BCUT2D eigenvalue weighted by molar-refractivity contribution is 5.76. The second kappa shape index (κ2) is 7.02. The number of benzene rings is 1. The van der Waals surface area contributed by atoms with Crippen LogP contribution in [0.4, 0.5) is 0 Å². The minimum atomic E-state index is 0.0139. The quantitative estimate of drug-likeness (QED) is 0.887. The van der Waals surface area contributed by atoms with Crippen molar-refractivity contribution in [2.45, 2.75) is 46.1 Å². The van der Waals surface area contributed by atoms with Crippen molar-refractivity contribution in [1.82, 2.24) is 15.5 Å². The lowest BCUT2D eigenvalue weighted by Gasteiger charge is -2.10. The lowest BCUT2D eigenvalue weighted by Crippen LogP contribution is -2.32. The maximum absolute atomic E-state index is 11.7. The van der Waals surface area contributed by atoms with E-state index in [1.165, 1.54) is 0 Å². The fourth-order valence-electron chi connectivity index (χ4n) is 1.95. The third kappa shape index (κ3) is 4.15. The molecule has 0 radical (unpaired) electrons. The zero-order valence-corrected chi connectivity index (χ0v) is 12.7. The van der Waals surface area contributed by atoms with Gasteiger partial charge in [0.25, 0.3) is 0 Å². The fraction of sp³-hybridized carbons (Fsp3) is 0.438. The van der Waals surface area contributed by atoms with Gasteiger partial charge in [0.15, 0.2) is 0 Å². The van der Waals surface area contributed by atoms with Gasteiger partial charge in [0.05, 0.1) is 0 Å². The van der Waals surface area contributed by atoms with Crippen molar-refractivity contribution >= 4 is 5.91 Å². The molecule has 0 aliphatic heterocycles. The molecular weight excluding hydrogens is 266 g/mol. The Balaban J connectivity index is 1.95. The molecule has 1 heterocycles. The van der Waals surface area contributed by atoms with Crippen molar-refractivity contribution in [2.75, 3.05) is 0 Å². The Morgan fingerprint density at radius 1 is 1.33 bits per heavy atom. The van der Waals surface area contributed by atoms with Crippen molar-refractivity contribution < 1.29 is 9.21 Å². The number of hydrogen-bond acceptors (Lipinski definition) is 4. The Bertz CT molecular complexity index is 607. The fourth-order valence-corrected chi connectivity index (χ4v) is 1.95. The first-order valence-corrected chi connectivity index (χ1v) is 7.28. The molecule has 0 aliphatic carbocycles. The second-order valence-corrected chi connectivity index (χ2v) is 5.19. The van der Waals surface area contributed by atoms with Crippen LogP contribution in [-0.4, -0.2) is 22.1 Å². The third-order valence-corrected chi connectivity index (χ3v) is 3.43. The first-order valence-electron chi connectivity index (χ1n) is 7.28. The van der Waals surface area contributed by atoms with E-state index in [0.717, 1.165) is 17.5 Å². The summed E-state index contributed by atoms with van der Waals surface area (Å²) >= 11 is 0. The Morgan fingerprint density at radius 2 is 2.10 bits per heavy atom. The van der Waals surface area contributed by atoms with E-state index >= 15 is 0 Å². The van der Waals surface area contributed by atoms with Crippen LogP contribution in [0.2, 0.25) is 0 Å². The van der Waals surface area contributed by atoms with Gasteiger partial charge in [-0.1, -0.05) is 25.1 Å². The summed E-state index contributed by atoms with van der Waals surface area (Å²) in [4.78, 5) is 11.7. The van der Waals surface area contributed by atoms with E-state index in [1.807, 2.05) is 45.0 Å². The standard InChI is InChI=1S/C16H21N3O2/c1-4-12(3)17-14(20)9-10-15-18-19-16(21-15)13-8-6-5-7-11(13)2/h5-8,12H,4,9-10H2,1-3H3,(H,17,20). The summed E-state index contributed by atoms with van der Waals surface area (Å²) in [6, 6.07) is 8.05. The number of nitrogens with zero attached hydrogens (tertiary/aromatic N) is 2. The average molecular weight is 287 g/mol. The van der Waals surface area contributed by atoms with Crippen molar-refractivity contribution in [3.8, 4) is 11.5 Å². The van der Waals surface area contributed by atoms with E-state index in [0.29, 0.717) is 24.6 Å². The lowest BCUT2D eigenvalue weighted by molar-refractivity contribution is -0.121. The van der Waals surface area contributed by atoms with Crippen LogP contribution in [0.1, 0.15) is 38.1 Å². The van der Waals surface area contributed by atoms with Gasteiger partial charge in [0, 0.05) is 24.4 Å². The Morgan fingerprint density at radius 3 is 2.81 bits per heavy atom. The first kappa shape index (κ1) is 15.2. The maximum Gasteiger partial charge on any atom is 0.247 e. The van der Waals surface area contributed by atoms with E-state index in [2.05, 4.69) is 15.5 Å². The number of amides is 1. The number of rotatable bonds is 6. The number of hydrogen-bond donors (Lipinski definition) is 1. The molecule has 1 aromatic carbocycles. The summed E-state index contributed by atoms with van der Waals surface area (Å²) in [6.45, 7) is 6.02. The van der Waals surface area contributed by atoms with Crippen LogP contribution >= 0.6 is 0 Å². The molecule has 0 aliphatic rings. The number of carbonyl (C=O) groups is 1. The molecule has 0 fully saturated rings. The van der Waals surface area contributed by atoms with Crippen LogP contribution in [0.5, 0.6) is 0 Å². The van der Waals surface area contributed by atoms with Crippen LogP contribution in [0, 0.1) is 6.92 Å². The highest BCUT2D eigenvalue weighted by Gasteiger charge is 2.12. The lowest BCUT2D eigenvalue weighted by atomic mass is 10.1. The minimum Gasteiger partial charge on any atom is -0.421 e. The third-order valence-electron chi connectivity index (χ3n) is 3.43. The topological polar surface area (TPSA) is 68.0 Å². The number of carbonyl (C=O) groups excluding carboxylic acids is 1. The van der Waals surface area contributed by atoms with E-state index in [4.69, 9.17) is 4.42 Å². The molecule has 1 atom stereocenters. The van der Waals surface area contributed by atoms with Crippen molar-refractivity contribution in [3.63, 3.8) is 0 Å². The van der Waals surface area contributed by atoms with Gasteiger partial charge in [-0.2, -0.15) is 0 Å². The molecule has 0 bridgehead atoms. The minimum absolute atomic E-state index is 0.0139. The SMILES string of the molecule is CCC(C)NC(=O)CCc1nnc(-c2ccccc2C)o1. The molecule has 112 valence electrons.